The number of nitrogens with zero attached hydrogens (tertiary/aromatic N) is 4. The van der Waals surface area contributed by atoms with Crippen molar-refractivity contribution in [3.63, 3.8) is 0 Å². The lowest BCUT2D eigenvalue weighted by molar-refractivity contribution is -0.121. The Morgan fingerprint density at radius 2 is 2.44 bits per heavy atom. The second kappa shape index (κ2) is 4.22. The Balaban J connectivity index is 1.79. The van der Waals surface area contributed by atoms with Gasteiger partial charge in [0.15, 0.2) is 0 Å². The zero-order chi connectivity index (χ0) is 12.5. The molecule has 1 aliphatic heterocycles. The Kier molecular flexibility index (Phi) is 2.56. The molecule has 0 radical (unpaired) electrons. The first-order chi connectivity index (χ1) is 8.72. The summed E-state index contributed by atoms with van der Waals surface area (Å²) in [5.74, 6) is 0.871. The summed E-state index contributed by atoms with van der Waals surface area (Å²) in [5.41, 5.74) is 0.660. The third-order valence-corrected chi connectivity index (χ3v) is 2.69. The van der Waals surface area contributed by atoms with Crippen molar-refractivity contribution in [3.8, 4) is 11.5 Å². The van der Waals surface area contributed by atoms with Crippen molar-refractivity contribution in [2.75, 3.05) is 13.1 Å². The van der Waals surface area contributed by atoms with E-state index in [1.165, 1.54) is 0 Å². The summed E-state index contributed by atoms with van der Waals surface area (Å²) in [6.07, 6.45) is 1.81. The number of nitrogens with one attached hydrogen (secondary N) is 2. The number of aromatic nitrogens is 4. The van der Waals surface area contributed by atoms with Crippen LogP contribution in [0.2, 0.25) is 0 Å². The molecule has 0 bridgehead atoms. The third-order valence-electron chi connectivity index (χ3n) is 2.69. The van der Waals surface area contributed by atoms with Crippen LogP contribution >= 0.6 is 0 Å². The van der Waals surface area contributed by atoms with Crippen LogP contribution in [0, 0.1) is 0 Å². The molecular formula is C10H12N6O2. The molecule has 1 aliphatic rings. The molecule has 0 aromatic carbocycles. The average molecular weight is 248 g/mol. The number of amides is 1. The number of hydrogen-bond acceptors (Lipinski definition) is 6. The van der Waals surface area contributed by atoms with Gasteiger partial charge in [0.2, 0.25) is 17.6 Å². The quantitative estimate of drug-likeness (QED) is 0.724. The molecular weight excluding hydrogens is 236 g/mol. The first-order valence-corrected chi connectivity index (χ1v) is 5.56. The van der Waals surface area contributed by atoms with E-state index in [0.29, 0.717) is 24.0 Å². The fraction of sp³-hybridized carbons (Fsp3) is 0.400. The number of carbonyl (C=O) groups excluding carboxylic acids is 1. The van der Waals surface area contributed by atoms with Crippen molar-refractivity contribution in [3.05, 3.63) is 18.2 Å². The number of carbonyl (C=O) groups is 1. The number of hydrogen-bond donors (Lipinski definition) is 2. The summed E-state index contributed by atoms with van der Waals surface area (Å²) in [6, 6.07) is 1.66. The lowest BCUT2D eigenvalue weighted by atomic mass is 10.2. The van der Waals surface area contributed by atoms with Crippen molar-refractivity contribution < 1.29 is 9.32 Å². The zero-order valence-electron chi connectivity index (χ0n) is 9.75. The van der Waals surface area contributed by atoms with Gasteiger partial charge in [-0.3, -0.25) is 14.8 Å². The molecule has 1 saturated heterocycles. The van der Waals surface area contributed by atoms with Crippen molar-refractivity contribution in [2.45, 2.75) is 6.04 Å². The Bertz CT molecular complexity index is 564. The van der Waals surface area contributed by atoms with E-state index in [4.69, 9.17) is 4.52 Å². The highest BCUT2D eigenvalue weighted by molar-refractivity contribution is 5.78. The van der Waals surface area contributed by atoms with E-state index in [2.05, 4.69) is 25.9 Å². The van der Waals surface area contributed by atoms with Crippen molar-refractivity contribution >= 4 is 5.91 Å². The molecule has 3 rings (SSSR count). The molecule has 8 heteroatoms. The molecule has 1 amide bonds. The van der Waals surface area contributed by atoms with Crippen molar-refractivity contribution in [2.24, 2.45) is 7.05 Å². The van der Waals surface area contributed by atoms with Gasteiger partial charge in [0.05, 0.1) is 6.54 Å². The summed E-state index contributed by atoms with van der Waals surface area (Å²) in [6.45, 7) is 0.703. The van der Waals surface area contributed by atoms with Gasteiger partial charge in [-0.05, 0) is 6.07 Å². The standard InChI is InChI=1S/C10H12N6O2/c1-16-3-2-6(14-16)9-13-10(18-15-9)7-4-12-8(17)5-11-7/h2-3,7,11H,4-5H2,1H3,(H,12,17). The van der Waals surface area contributed by atoms with E-state index >= 15 is 0 Å². The highest BCUT2D eigenvalue weighted by Gasteiger charge is 2.24. The van der Waals surface area contributed by atoms with Gasteiger partial charge < -0.3 is 9.84 Å². The monoisotopic (exact) mass is 248 g/mol. The van der Waals surface area contributed by atoms with Crippen LogP contribution < -0.4 is 10.6 Å². The van der Waals surface area contributed by atoms with Crippen LogP contribution in [0.4, 0.5) is 0 Å². The topological polar surface area (TPSA) is 97.9 Å². The van der Waals surface area contributed by atoms with E-state index in [1.807, 2.05) is 19.3 Å². The summed E-state index contributed by atoms with van der Waals surface area (Å²) in [4.78, 5) is 15.3. The molecule has 18 heavy (non-hydrogen) atoms. The second-order valence-electron chi connectivity index (χ2n) is 4.07. The molecule has 2 aromatic rings. The summed E-state index contributed by atoms with van der Waals surface area (Å²) >= 11 is 0. The average Bonchev–Trinajstić information content (AvgIpc) is 2.98. The summed E-state index contributed by atoms with van der Waals surface area (Å²) in [5, 5.41) is 13.8. The fourth-order valence-corrected chi connectivity index (χ4v) is 1.76. The van der Waals surface area contributed by atoms with Crippen LogP contribution in [0.5, 0.6) is 0 Å². The van der Waals surface area contributed by atoms with Crippen LogP contribution in [0.1, 0.15) is 11.9 Å². The predicted octanol–water partition coefficient (Wildman–Crippen LogP) is -0.769. The van der Waals surface area contributed by atoms with Gasteiger partial charge in [0, 0.05) is 19.8 Å². The van der Waals surface area contributed by atoms with Crippen molar-refractivity contribution in [1.29, 1.82) is 0 Å². The molecule has 0 aliphatic carbocycles. The molecule has 2 aromatic heterocycles. The van der Waals surface area contributed by atoms with Crippen LogP contribution in [-0.2, 0) is 11.8 Å². The first kappa shape index (κ1) is 10.9. The van der Waals surface area contributed by atoms with E-state index < -0.39 is 0 Å². The molecule has 8 nitrogen and oxygen atoms in total. The van der Waals surface area contributed by atoms with Gasteiger partial charge in [0.1, 0.15) is 11.7 Å². The van der Waals surface area contributed by atoms with Gasteiger partial charge >= 0.3 is 0 Å². The highest BCUT2D eigenvalue weighted by atomic mass is 16.5. The van der Waals surface area contributed by atoms with E-state index in [9.17, 15) is 4.79 Å². The SMILES string of the molecule is Cn1ccc(-c2noc(C3CNC(=O)CN3)n2)n1. The smallest absolute Gasteiger partial charge is 0.245 e. The number of piperazine rings is 1. The summed E-state index contributed by atoms with van der Waals surface area (Å²) in [7, 11) is 1.82. The van der Waals surface area contributed by atoms with Gasteiger partial charge in [-0.2, -0.15) is 10.1 Å². The second-order valence-corrected chi connectivity index (χ2v) is 4.07. The largest absolute Gasteiger partial charge is 0.353 e. The summed E-state index contributed by atoms with van der Waals surface area (Å²) < 4.78 is 6.85. The molecule has 2 N–H and O–H groups in total. The van der Waals surface area contributed by atoms with Crippen molar-refractivity contribution in [1.82, 2.24) is 30.6 Å². The molecule has 1 atom stereocenters. The lowest BCUT2D eigenvalue weighted by Crippen LogP contribution is -2.47. The van der Waals surface area contributed by atoms with Gasteiger partial charge in [-0.1, -0.05) is 5.16 Å². The van der Waals surface area contributed by atoms with Crippen LogP contribution in [0.15, 0.2) is 16.8 Å². The molecule has 0 spiro atoms. The molecule has 94 valence electrons. The number of aryl methyl sites for hydroxylation is 1. The van der Waals surface area contributed by atoms with Crippen LogP contribution in [0.3, 0.4) is 0 Å². The number of rotatable bonds is 2. The maximum Gasteiger partial charge on any atom is 0.245 e. The van der Waals surface area contributed by atoms with E-state index in [0.717, 1.165) is 0 Å². The van der Waals surface area contributed by atoms with Crippen LogP contribution in [0.25, 0.3) is 11.5 Å². The molecule has 3 heterocycles. The lowest BCUT2D eigenvalue weighted by Gasteiger charge is -2.20. The Hall–Kier alpha value is -2.22. The van der Waals surface area contributed by atoms with E-state index in [1.54, 1.807) is 4.68 Å². The van der Waals surface area contributed by atoms with Gasteiger partial charge in [-0.15, -0.1) is 0 Å². The highest BCUT2D eigenvalue weighted by Crippen LogP contribution is 2.17. The molecule has 0 saturated carbocycles. The maximum atomic E-state index is 11.0. The minimum Gasteiger partial charge on any atom is -0.353 e. The minimum atomic E-state index is -0.146. The van der Waals surface area contributed by atoms with E-state index in [-0.39, 0.29) is 18.5 Å². The van der Waals surface area contributed by atoms with Gasteiger partial charge in [-0.25, -0.2) is 0 Å². The predicted molar refractivity (Wildman–Crippen MR) is 60.3 cm³/mol. The van der Waals surface area contributed by atoms with Gasteiger partial charge in [0.25, 0.3) is 0 Å². The molecule has 1 fully saturated rings. The Labute approximate surface area is 102 Å². The Morgan fingerprint density at radius 3 is 3.11 bits per heavy atom. The zero-order valence-corrected chi connectivity index (χ0v) is 9.75. The van der Waals surface area contributed by atoms with Crippen LogP contribution in [-0.4, -0.2) is 38.9 Å². The maximum absolute atomic E-state index is 11.0. The normalized spacial score (nSPS) is 19.8. The molecule has 1 unspecified atom stereocenters. The minimum absolute atomic E-state index is 0.0317. The fourth-order valence-electron chi connectivity index (χ4n) is 1.76. The third kappa shape index (κ3) is 1.97. The first-order valence-electron chi connectivity index (χ1n) is 5.56. The Morgan fingerprint density at radius 1 is 1.56 bits per heavy atom.